The zero-order valence-electron chi connectivity index (χ0n) is 16.8. The van der Waals surface area contributed by atoms with Crippen molar-refractivity contribution in [1.29, 1.82) is 0 Å². The molecule has 0 aliphatic rings. The third kappa shape index (κ3) is 9.60. The van der Waals surface area contributed by atoms with Gasteiger partial charge < -0.3 is 4.74 Å². The van der Waals surface area contributed by atoms with Crippen molar-refractivity contribution in [2.75, 3.05) is 0 Å². The molecule has 0 N–H and O–H groups in total. The van der Waals surface area contributed by atoms with Gasteiger partial charge in [0.2, 0.25) is 0 Å². The molecule has 0 amide bonds. The fourth-order valence-corrected chi connectivity index (χ4v) is 2.96. The lowest BCUT2D eigenvalue weighted by Crippen LogP contribution is -2.10. The minimum atomic E-state index is -0.272. The van der Waals surface area contributed by atoms with Gasteiger partial charge in [-0.25, -0.2) is 4.79 Å². The van der Waals surface area contributed by atoms with Gasteiger partial charge in [0.1, 0.15) is 5.75 Å². The summed E-state index contributed by atoms with van der Waals surface area (Å²) in [7, 11) is 0. The lowest BCUT2D eigenvalue weighted by Gasteiger charge is -2.07. The van der Waals surface area contributed by atoms with Crippen molar-refractivity contribution in [3.63, 3.8) is 0 Å². The molecule has 0 aromatic heterocycles. The van der Waals surface area contributed by atoms with Crippen LogP contribution in [0.3, 0.4) is 0 Å². The highest BCUT2D eigenvalue weighted by molar-refractivity contribution is 5.90. The van der Waals surface area contributed by atoms with E-state index in [-0.39, 0.29) is 5.97 Å². The molecule has 0 heterocycles. The zero-order valence-corrected chi connectivity index (χ0v) is 16.8. The van der Waals surface area contributed by atoms with Gasteiger partial charge in [-0.2, -0.15) is 0 Å². The summed E-state index contributed by atoms with van der Waals surface area (Å²) in [6, 6.07) is 7.45. The fourth-order valence-electron chi connectivity index (χ4n) is 2.96. The second kappa shape index (κ2) is 14.4. The van der Waals surface area contributed by atoms with E-state index in [1.165, 1.54) is 57.8 Å². The first kappa shape index (κ1) is 22.2. The summed E-state index contributed by atoms with van der Waals surface area (Å²) in [6.07, 6.45) is 17.9. The molecule has 144 valence electrons. The van der Waals surface area contributed by atoms with Crippen molar-refractivity contribution in [2.24, 2.45) is 0 Å². The molecule has 1 aromatic carbocycles. The van der Waals surface area contributed by atoms with Gasteiger partial charge >= 0.3 is 5.97 Å². The third-order valence-corrected chi connectivity index (χ3v) is 4.67. The van der Waals surface area contributed by atoms with Crippen molar-refractivity contribution in [2.45, 2.75) is 84.5 Å². The van der Waals surface area contributed by atoms with E-state index in [1.54, 1.807) is 12.1 Å². The molecule has 2 heteroatoms. The number of esters is 1. The van der Waals surface area contributed by atoms with Crippen LogP contribution >= 0.6 is 0 Å². The van der Waals surface area contributed by atoms with Crippen molar-refractivity contribution in [3.8, 4) is 5.75 Å². The highest BCUT2D eigenvalue weighted by Gasteiger charge is 2.09. The van der Waals surface area contributed by atoms with E-state index < -0.39 is 0 Å². The van der Waals surface area contributed by atoms with E-state index in [0.717, 1.165) is 18.4 Å². The van der Waals surface area contributed by atoms with Gasteiger partial charge in [-0.3, -0.25) is 0 Å². The van der Waals surface area contributed by atoms with Gasteiger partial charge in [0.15, 0.2) is 0 Å². The number of carbonyl (C=O) groups excluding carboxylic acids is 1. The predicted molar refractivity (Wildman–Crippen MR) is 112 cm³/mol. The molecule has 0 unspecified atom stereocenters. The second-order valence-corrected chi connectivity index (χ2v) is 6.99. The molecule has 0 radical (unpaired) electrons. The number of unbranched alkanes of at least 4 members (excludes halogenated alkanes) is 10. The molecule has 0 atom stereocenters. The maximum Gasteiger partial charge on any atom is 0.338 e. The Labute approximate surface area is 160 Å². The van der Waals surface area contributed by atoms with Crippen LogP contribution in [0.25, 0.3) is 6.08 Å². The summed E-state index contributed by atoms with van der Waals surface area (Å²) >= 11 is 0. The van der Waals surface area contributed by atoms with Gasteiger partial charge in [-0.1, -0.05) is 102 Å². The quantitative estimate of drug-likeness (QED) is 0.149. The van der Waals surface area contributed by atoms with Crippen molar-refractivity contribution >= 4 is 12.0 Å². The molecule has 0 bridgehead atoms. The Morgan fingerprint density at radius 2 is 1.54 bits per heavy atom. The summed E-state index contributed by atoms with van der Waals surface area (Å²) in [5.41, 5.74) is 1.52. The Morgan fingerprint density at radius 3 is 2.15 bits per heavy atom. The van der Waals surface area contributed by atoms with Crippen LogP contribution in [0, 0.1) is 0 Å². The van der Waals surface area contributed by atoms with Gasteiger partial charge in [0.05, 0.1) is 0 Å². The Balaban J connectivity index is 2.15. The molecule has 0 aliphatic carbocycles. The third-order valence-electron chi connectivity index (χ3n) is 4.67. The largest absolute Gasteiger partial charge is 0.423 e. The number of para-hydroxylation sites is 1. The summed E-state index contributed by atoms with van der Waals surface area (Å²) in [4.78, 5) is 12.2. The van der Waals surface area contributed by atoms with Crippen LogP contribution in [0.1, 0.15) is 90.0 Å². The summed E-state index contributed by atoms with van der Waals surface area (Å²) in [5.74, 6) is 0.297. The molecule has 1 rings (SSSR count). The van der Waals surface area contributed by atoms with Crippen LogP contribution in [0.5, 0.6) is 5.75 Å². The Morgan fingerprint density at radius 1 is 0.962 bits per heavy atom. The van der Waals surface area contributed by atoms with Crippen LogP contribution in [0.4, 0.5) is 0 Å². The SMILES string of the molecule is C=Cc1ccccc1OC(=O)/C(C)=C/CCCCCCCCCCCC. The van der Waals surface area contributed by atoms with Crippen LogP contribution in [-0.2, 0) is 4.79 Å². The second-order valence-electron chi connectivity index (χ2n) is 6.99. The number of benzene rings is 1. The minimum absolute atomic E-state index is 0.272. The summed E-state index contributed by atoms with van der Waals surface area (Å²) in [6.45, 7) is 7.84. The van der Waals surface area contributed by atoms with Crippen LogP contribution in [0.2, 0.25) is 0 Å². The Bertz CT molecular complexity index is 557. The number of hydrogen-bond donors (Lipinski definition) is 0. The van der Waals surface area contributed by atoms with Gasteiger partial charge in [-0.15, -0.1) is 0 Å². The number of allylic oxidation sites excluding steroid dienone is 1. The Hall–Kier alpha value is -1.83. The minimum Gasteiger partial charge on any atom is -0.423 e. The molecule has 2 nitrogen and oxygen atoms in total. The summed E-state index contributed by atoms with van der Waals surface area (Å²) < 4.78 is 5.47. The average Bonchev–Trinajstić information content (AvgIpc) is 2.66. The fraction of sp³-hybridized carbons (Fsp3) is 0.542. The molecule has 0 fully saturated rings. The first-order chi connectivity index (χ1) is 12.7. The Kier molecular flexibility index (Phi) is 12.3. The normalized spacial score (nSPS) is 11.4. The van der Waals surface area contributed by atoms with Crippen LogP contribution in [-0.4, -0.2) is 5.97 Å². The smallest absolute Gasteiger partial charge is 0.338 e. The number of rotatable bonds is 14. The first-order valence-corrected chi connectivity index (χ1v) is 10.3. The first-order valence-electron chi connectivity index (χ1n) is 10.3. The number of ether oxygens (including phenoxy) is 1. The lowest BCUT2D eigenvalue weighted by molar-refractivity contribution is -0.130. The highest BCUT2D eigenvalue weighted by Crippen LogP contribution is 2.20. The van der Waals surface area contributed by atoms with E-state index in [2.05, 4.69) is 13.5 Å². The van der Waals surface area contributed by atoms with E-state index in [9.17, 15) is 4.79 Å². The molecule has 1 aromatic rings. The zero-order chi connectivity index (χ0) is 19.0. The number of hydrogen-bond acceptors (Lipinski definition) is 2. The van der Waals surface area contributed by atoms with Crippen LogP contribution in [0.15, 0.2) is 42.5 Å². The van der Waals surface area contributed by atoms with Gasteiger partial charge in [-0.05, 0) is 25.8 Å². The van der Waals surface area contributed by atoms with E-state index in [4.69, 9.17) is 4.74 Å². The van der Waals surface area contributed by atoms with Crippen molar-refractivity contribution in [3.05, 3.63) is 48.1 Å². The molecule has 0 saturated heterocycles. The molecule has 0 saturated carbocycles. The highest BCUT2D eigenvalue weighted by atomic mass is 16.5. The van der Waals surface area contributed by atoms with Crippen molar-refractivity contribution in [1.82, 2.24) is 0 Å². The van der Waals surface area contributed by atoms with E-state index >= 15 is 0 Å². The van der Waals surface area contributed by atoms with Crippen molar-refractivity contribution < 1.29 is 9.53 Å². The average molecular weight is 357 g/mol. The van der Waals surface area contributed by atoms with E-state index in [1.807, 2.05) is 31.2 Å². The predicted octanol–water partition coefficient (Wildman–Crippen LogP) is 7.49. The topological polar surface area (TPSA) is 26.3 Å². The standard InChI is InChI=1S/C24H36O2/c1-4-6-7-8-9-10-11-12-13-14-15-18-21(3)24(25)26-23-20-17-16-19-22(23)5-2/h5,16-20H,2,4,6-15H2,1,3H3/b21-18+. The lowest BCUT2D eigenvalue weighted by atomic mass is 10.1. The molecular formula is C24H36O2. The maximum atomic E-state index is 12.2. The van der Waals surface area contributed by atoms with Gasteiger partial charge in [0.25, 0.3) is 0 Å². The molecule has 0 spiro atoms. The van der Waals surface area contributed by atoms with Gasteiger partial charge in [0, 0.05) is 11.1 Å². The van der Waals surface area contributed by atoms with E-state index in [0.29, 0.717) is 11.3 Å². The molecule has 26 heavy (non-hydrogen) atoms. The van der Waals surface area contributed by atoms with Crippen LogP contribution < -0.4 is 4.74 Å². The monoisotopic (exact) mass is 356 g/mol. The maximum absolute atomic E-state index is 12.2. The molecular weight excluding hydrogens is 320 g/mol. The summed E-state index contributed by atoms with van der Waals surface area (Å²) in [5, 5.41) is 0. The number of carbonyl (C=O) groups is 1. The molecule has 0 aliphatic heterocycles.